The molecule has 0 radical (unpaired) electrons. The van der Waals surface area contributed by atoms with Crippen LogP contribution in [-0.2, 0) is 11.2 Å². The standard InChI is InChI=1S/C18H20ClN3O2/c19-16-4-2-14(3-5-16)12-17(23)22-10-6-15(7-11-22)13-24-18-20-8-1-9-21-18/h1-5,8-9,15H,6-7,10-13H2. The molecule has 1 aliphatic heterocycles. The number of likely N-dealkylation sites (tertiary alicyclic amines) is 1. The number of nitrogens with zero attached hydrogens (tertiary/aromatic N) is 3. The zero-order valence-corrected chi connectivity index (χ0v) is 14.2. The smallest absolute Gasteiger partial charge is 0.316 e. The summed E-state index contributed by atoms with van der Waals surface area (Å²) in [7, 11) is 0. The Bertz CT molecular complexity index is 656. The molecule has 0 spiro atoms. The van der Waals surface area contributed by atoms with Gasteiger partial charge in [-0.1, -0.05) is 23.7 Å². The molecule has 1 aromatic heterocycles. The molecule has 1 fully saturated rings. The maximum Gasteiger partial charge on any atom is 0.316 e. The van der Waals surface area contributed by atoms with Crippen molar-refractivity contribution >= 4 is 17.5 Å². The molecule has 0 aliphatic carbocycles. The number of hydrogen-bond donors (Lipinski definition) is 0. The third kappa shape index (κ3) is 4.68. The Morgan fingerprint density at radius 1 is 1.17 bits per heavy atom. The summed E-state index contributed by atoms with van der Waals surface area (Å²) in [5.74, 6) is 0.608. The van der Waals surface area contributed by atoms with Gasteiger partial charge < -0.3 is 9.64 Å². The molecule has 2 heterocycles. The summed E-state index contributed by atoms with van der Waals surface area (Å²) in [6.45, 7) is 2.15. The first-order chi connectivity index (χ1) is 11.7. The molecule has 1 amide bonds. The van der Waals surface area contributed by atoms with Gasteiger partial charge in [0.1, 0.15) is 0 Å². The highest BCUT2D eigenvalue weighted by atomic mass is 35.5. The molecule has 0 atom stereocenters. The molecule has 6 heteroatoms. The van der Waals surface area contributed by atoms with Gasteiger partial charge in [-0.2, -0.15) is 0 Å². The van der Waals surface area contributed by atoms with Crippen molar-refractivity contribution in [2.24, 2.45) is 5.92 Å². The second-order valence-electron chi connectivity index (χ2n) is 5.97. The molecule has 5 nitrogen and oxygen atoms in total. The van der Waals surface area contributed by atoms with Crippen LogP contribution < -0.4 is 4.74 Å². The van der Waals surface area contributed by atoms with Crippen LogP contribution in [0.15, 0.2) is 42.7 Å². The number of halogens is 1. The highest BCUT2D eigenvalue weighted by molar-refractivity contribution is 6.30. The SMILES string of the molecule is O=C(Cc1ccc(Cl)cc1)N1CCC(COc2ncccn2)CC1. The Hall–Kier alpha value is -2.14. The molecule has 1 saturated heterocycles. The van der Waals surface area contributed by atoms with E-state index in [1.54, 1.807) is 18.5 Å². The Labute approximate surface area is 146 Å². The van der Waals surface area contributed by atoms with Crippen molar-refractivity contribution in [3.63, 3.8) is 0 Å². The summed E-state index contributed by atoms with van der Waals surface area (Å²) < 4.78 is 5.61. The Kier molecular flexibility index (Phi) is 5.64. The number of carbonyl (C=O) groups excluding carboxylic acids is 1. The number of carbonyl (C=O) groups is 1. The number of piperidine rings is 1. The van der Waals surface area contributed by atoms with Crippen LogP contribution in [0.3, 0.4) is 0 Å². The fourth-order valence-corrected chi connectivity index (χ4v) is 2.92. The van der Waals surface area contributed by atoms with Gasteiger partial charge in [-0.05, 0) is 42.5 Å². The van der Waals surface area contributed by atoms with E-state index in [1.807, 2.05) is 29.2 Å². The average Bonchev–Trinajstić information content (AvgIpc) is 2.63. The van der Waals surface area contributed by atoms with Crippen LogP contribution in [0.2, 0.25) is 5.02 Å². The fourth-order valence-electron chi connectivity index (χ4n) is 2.79. The number of ether oxygens (including phenoxy) is 1. The molecule has 1 aliphatic rings. The van der Waals surface area contributed by atoms with Gasteiger partial charge in [0.05, 0.1) is 13.0 Å². The summed E-state index contributed by atoms with van der Waals surface area (Å²) >= 11 is 5.87. The van der Waals surface area contributed by atoms with E-state index < -0.39 is 0 Å². The summed E-state index contributed by atoms with van der Waals surface area (Å²) in [6.07, 6.45) is 5.65. The van der Waals surface area contributed by atoms with Gasteiger partial charge in [0.15, 0.2) is 0 Å². The van der Waals surface area contributed by atoms with Crippen LogP contribution in [0.5, 0.6) is 6.01 Å². The van der Waals surface area contributed by atoms with E-state index in [1.165, 1.54) is 0 Å². The van der Waals surface area contributed by atoms with Crippen LogP contribution in [0.4, 0.5) is 0 Å². The predicted octanol–water partition coefficient (Wildman–Crippen LogP) is 2.99. The van der Waals surface area contributed by atoms with E-state index in [0.29, 0.717) is 30.0 Å². The van der Waals surface area contributed by atoms with Crippen molar-refractivity contribution in [3.05, 3.63) is 53.3 Å². The summed E-state index contributed by atoms with van der Waals surface area (Å²) in [5, 5.41) is 0.689. The molecule has 1 aromatic carbocycles. The van der Waals surface area contributed by atoms with Gasteiger partial charge in [0.25, 0.3) is 0 Å². The van der Waals surface area contributed by atoms with Crippen LogP contribution in [-0.4, -0.2) is 40.5 Å². The molecule has 0 bridgehead atoms. The van der Waals surface area contributed by atoms with Crippen molar-refractivity contribution in [3.8, 4) is 6.01 Å². The topological polar surface area (TPSA) is 55.3 Å². The van der Waals surface area contributed by atoms with Crippen molar-refractivity contribution in [2.45, 2.75) is 19.3 Å². The van der Waals surface area contributed by atoms with Crippen molar-refractivity contribution in [1.82, 2.24) is 14.9 Å². The van der Waals surface area contributed by atoms with Gasteiger partial charge in [-0.25, -0.2) is 9.97 Å². The molecule has 2 aromatic rings. The lowest BCUT2D eigenvalue weighted by Gasteiger charge is -2.31. The van der Waals surface area contributed by atoms with Gasteiger partial charge in [0, 0.05) is 30.5 Å². The molecule has 0 saturated carbocycles. The van der Waals surface area contributed by atoms with E-state index >= 15 is 0 Å². The normalized spacial score (nSPS) is 15.3. The minimum Gasteiger partial charge on any atom is -0.463 e. The Balaban J connectivity index is 1.42. The maximum absolute atomic E-state index is 12.4. The first kappa shape index (κ1) is 16.7. The Morgan fingerprint density at radius 2 is 1.83 bits per heavy atom. The van der Waals surface area contributed by atoms with Crippen LogP contribution in [0, 0.1) is 5.92 Å². The summed E-state index contributed by atoms with van der Waals surface area (Å²) in [6, 6.07) is 9.62. The third-order valence-electron chi connectivity index (χ3n) is 4.23. The van der Waals surface area contributed by atoms with Gasteiger partial charge >= 0.3 is 6.01 Å². The highest BCUT2D eigenvalue weighted by Gasteiger charge is 2.23. The van der Waals surface area contributed by atoms with Crippen molar-refractivity contribution < 1.29 is 9.53 Å². The van der Waals surface area contributed by atoms with E-state index in [0.717, 1.165) is 31.5 Å². The average molecular weight is 346 g/mol. The zero-order valence-electron chi connectivity index (χ0n) is 13.4. The predicted molar refractivity (Wildman–Crippen MR) is 92.0 cm³/mol. The molecule has 126 valence electrons. The van der Waals surface area contributed by atoms with Crippen LogP contribution in [0.25, 0.3) is 0 Å². The van der Waals surface area contributed by atoms with E-state index in [4.69, 9.17) is 16.3 Å². The van der Waals surface area contributed by atoms with Gasteiger partial charge in [-0.15, -0.1) is 0 Å². The number of rotatable bonds is 5. The van der Waals surface area contributed by atoms with E-state index in [2.05, 4.69) is 9.97 Å². The lowest BCUT2D eigenvalue weighted by atomic mass is 9.97. The first-order valence-electron chi connectivity index (χ1n) is 8.13. The van der Waals surface area contributed by atoms with Crippen LogP contribution >= 0.6 is 11.6 Å². The summed E-state index contributed by atoms with van der Waals surface area (Å²) in [5.41, 5.74) is 0.996. The molecule has 3 rings (SSSR count). The fraction of sp³-hybridized carbons (Fsp3) is 0.389. The molecular weight excluding hydrogens is 326 g/mol. The molecule has 24 heavy (non-hydrogen) atoms. The first-order valence-corrected chi connectivity index (χ1v) is 8.50. The van der Waals surface area contributed by atoms with Gasteiger partial charge in [0.2, 0.25) is 5.91 Å². The molecule has 0 unspecified atom stereocenters. The second-order valence-corrected chi connectivity index (χ2v) is 6.41. The highest BCUT2D eigenvalue weighted by Crippen LogP contribution is 2.19. The van der Waals surface area contributed by atoms with E-state index in [-0.39, 0.29) is 5.91 Å². The minimum absolute atomic E-state index is 0.170. The molecular formula is C18H20ClN3O2. The monoisotopic (exact) mass is 345 g/mol. The number of aromatic nitrogens is 2. The maximum atomic E-state index is 12.4. The number of hydrogen-bond acceptors (Lipinski definition) is 4. The summed E-state index contributed by atoms with van der Waals surface area (Å²) in [4.78, 5) is 22.4. The second kappa shape index (κ2) is 8.11. The lowest BCUT2D eigenvalue weighted by Crippen LogP contribution is -2.40. The quantitative estimate of drug-likeness (QED) is 0.836. The van der Waals surface area contributed by atoms with Gasteiger partial charge in [-0.3, -0.25) is 4.79 Å². The van der Waals surface area contributed by atoms with Crippen LogP contribution in [0.1, 0.15) is 18.4 Å². The number of amides is 1. The minimum atomic E-state index is 0.170. The zero-order chi connectivity index (χ0) is 16.8. The largest absolute Gasteiger partial charge is 0.463 e. The molecule has 0 N–H and O–H groups in total. The third-order valence-corrected chi connectivity index (χ3v) is 4.48. The Morgan fingerprint density at radius 3 is 2.50 bits per heavy atom. The lowest BCUT2D eigenvalue weighted by molar-refractivity contribution is -0.132. The van der Waals surface area contributed by atoms with Crippen molar-refractivity contribution in [1.29, 1.82) is 0 Å². The number of benzene rings is 1. The van der Waals surface area contributed by atoms with Crippen molar-refractivity contribution in [2.75, 3.05) is 19.7 Å². The van der Waals surface area contributed by atoms with E-state index in [9.17, 15) is 4.79 Å².